The molecule has 0 aliphatic heterocycles. The van der Waals surface area contributed by atoms with Crippen molar-refractivity contribution in [2.24, 2.45) is 5.73 Å². The monoisotopic (exact) mass is 275 g/mol. The van der Waals surface area contributed by atoms with Gasteiger partial charge in [-0.3, -0.25) is 4.68 Å². The lowest BCUT2D eigenvalue weighted by Gasteiger charge is -2.33. The Kier molecular flexibility index (Phi) is 4.25. The number of halogens is 2. The lowest BCUT2D eigenvalue weighted by atomic mass is 9.81. The molecule has 102 valence electrons. The van der Waals surface area contributed by atoms with Crippen molar-refractivity contribution in [2.75, 3.05) is 13.7 Å². The first-order valence-electron chi connectivity index (χ1n) is 6.22. The van der Waals surface area contributed by atoms with Crippen molar-refractivity contribution in [1.82, 2.24) is 9.78 Å². The standard InChI is InChI=1S/C12H19ClFN3O/c1-18-7-6-17-11(10(13)8-16-17)12(14)4-2-9(15)3-5-12/h8-9H,2-7,15H2,1H3. The van der Waals surface area contributed by atoms with Gasteiger partial charge in [0.15, 0.2) is 5.67 Å². The normalized spacial score (nSPS) is 28.6. The summed E-state index contributed by atoms with van der Waals surface area (Å²) in [6.45, 7) is 0.997. The molecule has 0 spiro atoms. The van der Waals surface area contributed by atoms with Crippen LogP contribution in [0.1, 0.15) is 31.4 Å². The van der Waals surface area contributed by atoms with Gasteiger partial charge in [0.2, 0.25) is 0 Å². The molecule has 0 aromatic carbocycles. The Labute approximate surface area is 111 Å². The van der Waals surface area contributed by atoms with E-state index in [0.717, 1.165) is 0 Å². The molecule has 0 amide bonds. The van der Waals surface area contributed by atoms with Gasteiger partial charge >= 0.3 is 0 Å². The van der Waals surface area contributed by atoms with E-state index in [2.05, 4.69) is 5.10 Å². The van der Waals surface area contributed by atoms with E-state index in [-0.39, 0.29) is 6.04 Å². The molecule has 18 heavy (non-hydrogen) atoms. The highest BCUT2D eigenvalue weighted by Gasteiger charge is 2.40. The molecule has 1 aliphatic carbocycles. The van der Waals surface area contributed by atoms with Crippen molar-refractivity contribution < 1.29 is 9.13 Å². The molecule has 1 aromatic rings. The largest absolute Gasteiger partial charge is 0.383 e. The molecular formula is C12H19ClFN3O. The van der Waals surface area contributed by atoms with Crippen molar-refractivity contribution in [3.8, 4) is 0 Å². The molecule has 1 fully saturated rings. The molecule has 0 bridgehead atoms. The van der Waals surface area contributed by atoms with Crippen LogP contribution >= 0.6 is 11.6 Å². The van der Waals surface area contributed by atoms with Crippen LogP contribution in [0.25, 0.3) is 0 Å². The Bertz CT molecular complexity index is 402. The van der Waals surface area contributed by atoms with E-state index >= 15 is 4.39 Å². The summed E-state index contributed by atoms with van der Waals surface area (Å²) >= 11 is 6.09. The van der Waals surface area contributed by atoms with Gasteiger partial charge in [-0.2, -0.15) is 5.10 Å². The summed E-state index contributed by atoms with van der Waals surface area (Å²) in [7, 11) is 1.61. The number of hydrogen-bond donors (Lipinski definition) is 1. The molecular weight excluding hydrogens is 257 g/mol. The molecule has 4 nitrogen and oxygen atoms in total. The Morgan fingerprint density at radius 1 is 1.61 bits per heavy atom. The summed E-state index contributed by atoms with van der Waals surface area (Å²) in [5, 5.41) is 4.52. The lowest BCUT2D eigenvalue weighted by Crippen LogP contribution is -2.36. The SMILES string of the molecule is COCCn1ncc(Cl)c1C1(F)CCC(N)CC1. The zero-order chi connectivity index (χ0) is 13.2. The van der Waals surface area contributed by atoms with Gasteiger partial charge < -0.3 is 10.5 Å². The quantitative estimate of drug-likeness (QED) is 0.917. The third-order valence-corrected chi connectivity index (χ3v) is 3.83. The van der Waals surface area contributed by atoms with Crippen LogP contribution in [-0.4, -0.2) is 29.5 Å². The van der Waals surface area contributed by atoms with Gasteiger partial charge in [-0.25, -0.2) is 4.39 Å². The molecule has 6 heteroatoms. The van der Waals surface area contributed by atoms with E-state index in [9.17, 15) is 0 Å². The van der Waals surface area contributed by atoms with E-state index in [4.69, 9.17) is 22.1 Å². The number of ether oxygens (including phenoxy) is 1. The first-order valence-corrected chi connectivity index (χ1v) is 6.60. The average molecular weight is 276 g/mol. The van der Waals surface area contributed by atoms with Gasteiger partial charge in [0.05, 0.1) is 30.1 Å². The molecule has 1 heterocycles. The van der Waals surface area contributed by atoms with Gasteiger partial charge in [-0.1, -0.05) is 11.6 Å². The molecule has 1 saturated carbocycles. The van der Waals surface area contributed by atoms with Crippen molar-refractivity contribution >= 4 is 11.6 Å². The first kappa shape index (κ1) is 13.8. The number of nitrogens with zero attached hydrogens (tertiary/aromatic N) is 2. The summed E-state index contributed by atoms with van der Waals surface area (Å²) in [6, 6.07) is 0.1000. The van der Waals surface area contributed by atoms with Gasteiger partial charge in [0, 0.05) is 13.2 Å². The second-order valence-corrected chi connectivity index (χ2v) is 5.27. The second kappa shape index (κ2) is 5.55. The maximum absolute atomic E-state index is 15.0. The van der Waals surface area contributed by atoms with Crippen LogP contribution < -0.4 is 5.73 Å². The predicted molar refractivity (Wildman–Crippen MR) is 68.3 cm³/mol. The maximum atomic E-state index is 15.0. The molecule has 1 aliphatic rings. The number of rotatable bonds is 4. The number of nitrogens with two attached hydrogens (primary N) is 1. The van der Waals surface area contributed by atoms with Crippen LogP contribution in [0.3, 0.4) is 0 Å². The molecule has 2 N–H and O–H groups in total. The number of alkyl halides is 1. The second-order valence-electron chi connectivity index (χ2n) is 4.86. The minimum Gasteiger partial charge on any atom is -0.383 e. The Morgan fingerprint density at radius 3 is 2.89 bits per heavy atom. The lowest BCUT2D eigenvalue weighted by molar-refractivity contribution is 0.0839. The van der Waals surface area contributed by atoms with E-state index in [1.807, 2.05) is 0 Å². The van der Waals surface area contributed by atoms with Crippen LogP contribution in [0.2, 0.25) is 5.02 Å². The fraction of sp³-hybridized carbons (Fsp3) is 0.750. The number of hydrogen-bond acceptors (Lipinski definition) is 3. The molecule has 1 aromatic heterocycles. The first-order chi connectivity index (χ1) is 8.57. The minimum absolute atomic E-state index is 0.1000. The Hall–Kier alpha value is -0.650. The van der Waals surface area contributed by atoms with Crippen molar-refractivity contribution in [2.45, 2.75) is 43.9 Å². The number of methoxy groups -OCH3 is 1. The summed E-state index contributed by atoms with van der Waals surface area (Å²) in [6.07, 6.45) is 3.69. The van der Waals surface area contributed by atoms with Crippen molar-refractivity contribution in [3.05, 3.63) is 16.9 Å². The Morgan fingerprint density at radius 2 is 2.28 bits per heavy atom. The third kappa shape index (κ3) is 2.68. The molecule has 0 unspecified atom stereocenters. The van der Waals surface area contributed by atoms with Gasteiger partial charge in [-0.05, 0) is 25.7 Å². The van der Waals surface area contributed by atoms with E-state index in [0.29, 0.717) is 49.6 Å². The third-order valence-electron chi connectivity index (χ3n) is 3.55. The number of aromatic nitrogens is 2. The zero-order valence-electron chi connectivity index (χ0n) is 10.5. The van der Waals surface area contributed by atoms with E-state index in [1.54, 1.807) is 11.8 Å². The molecule has 0 atom stereocenters. The summed E-state index contributed by atoms with van der Waals surface area (Å²) < 4.78 is 21.6. The zero-order valence-corrected chi connectivity index (χ0v) is 11.3. The van der Waals surface area contributed by atoms with Crippen LogP contribution in [0, 0.1) is 0 Å². The van der Waals surface area contributed by atoms with Gasteiger partial charge in [0.25, 0.3) is 0 Å². The topological polar surface area (TPSA) is 53.1 Å². The summed E-state index contributed by atoms with van der Waals surface area (Å²) in [4.78, 5) is 0. The average Bonchev–Trinajstić information content (AvgIpc) is 2.73. The van der Waals surface area contributed by atoms with Gasteiger partial charge in [0.1, 0.15) is 0 Å². The Balaban J connectivity index is 2.23. The van der Waals surface area contributed by atoms with E-state index < -0.39 is 5.67 Å². The molecule has 2 rings (SSSR count). The summed E-state index contributed by atoms with van der Waals surface area (Å²) in [5.74, 6) is 0. The van der Waals surface area contributed by atoms with Crippen LogP contribution in [0.5, 0.6) is 0 Å². The van der Waals surface area contributed by atoms with Crippen LogP contribution in [0.4, 0.5) is 4.39 Å². The summed E-state index contributed by atoms with van der Waals surface area (Å²) in [5.41, 5.74) is 4.90. The highest BCUT2D eigenvalue weighted by molar-refractivity contribution is 6.31. The van der Waals surface area contributed by atoms with Crippen LogP contribution in [0.15, 0.2) is 6.20 Å². The molecule has 0 radical (unpaired) electrons. The highest BCUT2D eigenvalue weighted by Crippen LogP contribution is 2.43. The van der Waals surface area contributed by atoms with Crippen LogP contribution in [-0.2, 0) is 17.0 Å². The maximum Gasteiger partial charge on any atom is 0.154 e. The molecule has 0 saturated heterocycles. The fourth-order valence-corrected chi connectivity index (χ4v) is 2.80. The van der Waals surface area contributed by atoms with Gasteiger partial charge in [-0.15, -0.1) is 0 Å². The minimum atomic E-state index is -1.41. The van der Waals surface area contributed by atoms with Crippen molar-refractivity contribution in [3.63, 3.8) is 0 Å². The van der Waals surface area contributed by atoms with E-state index in [1.165, 1.54) is 6.20 Å². The predicted octanol–water partition coefficient (Wildman–Crippen LogP) is 2.25. The smallest absolute Gasteiger partial charge is 0.154 e. The highest BCUT2D eigenvalue weighted by atomic mass is 35.5. The van der Waals surface area contributed by atoms with Crippen molar-refractivity contribution in [1.29, 1.82) is 0 Å². The fourth-order valence-electron chi connectivity index (χ4n) is 2.49.